The molecule has 0 unspecified atom stereocenters. The highest BCUT2D eigenvalue weighted by Gasteiger charge is 2.18. The summed E-state index contributed by atoms with van der Waals surface area (Å²) in [6, 6.07) is 5.26. The summed E-state index contributed by atoms with van der Waals surface area (Å²) in [4.78, 5) is 13.2. The van der Waals surface area contributed by atoms with Gasteiger partial charge in [0.15, 0.2) is 0 Å². The molecule has 2 aromatic rings. The van der Waals surface area contributed by atoms with Crippen molar-refractivity contribution in [2.45, 2.75) is 55.7 Å². The Kier molecular flexibility index (Phi) is 6.84. The Morgan fingerprint density at radius 1 is 1.31 bits per heavy atom. The van der Waals surface area contributed by atoms with Crippen molar-refractivity contribution in [2.24, 2.45) is 0 Å². The van der Waals surface area contributed by atoms with E-state index in [1.807, 2.05) is 6.92 Å². The number of hydrogen-bond acceptors (Lipinski definition) is 4. The zero-order chi connectivity index (χ0) is 18.5. The molecule has 0 spiro atoms. The van der Waals surface area contributed by atoms with Crippen molar-refractivity contribution in [1.29, 1.82) is 0 Å². The van der Waals surface area contributed by atoms with Crippen LogP contribution in [-0.2, 0) is 24.2 Å². The van der Waals surface area contributed by atoms with Crippen molar-refractivity contribution in [3.63, 3.8) is 0 Å². The number of aryl methyl sites for hydroxylation is 1. The maximum Gasteiger partial charge on any atom is 0.233 e. The summed E-state index contributed by atoms with van der Waals surface area (Å²) < 4.78 is 2.21. The van der Waals surface area contributed by atoms with E-state index in [0.717, 1.165) is 29.5 Å². The number of aromatic nitrogens is 3. The number of benzene rings is 1. The van der Waals surface area contributed by atoms with Gasteiger partial charge in [0.05, 0.1) is 10.3 Å². The molecule has 3 rings (SSSR count). The Bertz CT molecular complexity index is 781. The molecule has 26 heavy (non-hydrogen) atoms. The Balaban J connectivity index is 1.51. The lowest BCUT2D eigenvalue weighted by atomic mass is 10.2. The van der Waals surface area contributed by atoms with E-state index in [-0.39, 0.29) is 11.2 Å². The molecule has 8 heteroatoms. The predicted octanol–water partition coefficient (Wildman–Crippen LogP) is 4.15. The topological polar surface area (TPSA) is 59.8 Å². The van der Waals surface area contributed by atoms with E-state index in [1.54, 1.807) is 18.2 Å². The summed E-state index contributed by atoms with van der Waals surface area (Å²) >= 11 is 13.6. The summed E-state index contributed by atoms with van der Waals surface area (Å²) in [5.74, 6) is 2.00. The molecule has 0 saturated carbocycles. The second-order valence-corrected chi connectivity index (χ2v) is 8.60. The van der Waals surface area contributed by atoms with Gasteiger partial charge in [-0.1, -0.05) is 29.6 Å². The molecule has 1 N–H and O–H groups in total. The van der Waals surface area contributed by atoms with E-state index in [1.165, 1.54) is 31.0 Å². The van der Waals surface area contributed by atoms with Crippen LogP contribution in [0.1, 0.15) is 37.8 Å². The van der Waals surface area contributed by atoms with Gasteiger partial charge >= 0.3 is 0 Å². The van der Waals surface area contributed by atoms with Gasteiger partial charge in [0.25, 0.3) is 0 Å². The van der Waals surface area contributed by atoms with Crippen molar-refractivity contribution < 1.29 is 4.79 Å². The molecule has 0 radical (unpaired) electrons. The van der Waals surface area contributed by atoms with E-state index in [4.69, 9.17) is 23.2 Å². The smallest absolute Gasteiger partial charge is 0.233 e. The number of thioether (sulfide) groups is 1. The first kappa shape index (κ1) is 19.5. The van der Waals surface area contributed by atoms with Crippen molar-refractivity contribution in [1.82, 2.24) is 20.1 Å². The first-order valence-electron chi connectivity index (χ1n) is 8.85. The predicted molar refractivity (Wildman–Crippen MR) is 106 cm³/mol. The van der Waals surface area contributed by atoms with E-state index in [2.05, 4.69) is 20.1 Å². The van der Waals surface area contributed by atoms with Crippen LogP contribution in [0.25, 0.3) is 0 Å². The third kappa shape index (κ3) is 4.93. The van der Waals surface area contributed by atoms with E-state index in [9.17, 15) is 4.79 Å². The van der Waals surface area contributed by atoms with Crippen LogP contribution in [0.2, 0.25) is 10.0 Å². The summed E-state index contributed by atoms with van der Waals surface area (Å²) in [5, 5.41) is 12.5. The average molecular weight is 413 g/mol. The Morgan fingerprint density at radius 3 is 3.00 bits per heavy atom. The molecule has 0 fully saturated rings. The van der Waals surface area contributed by atoms with Crippen molar-refractivity contribution in [3.05, 3.63) is 39.9 Å². The lowest BCUT2D eigenvalue weighted by molar-refractivity contribution is -0.120. The number of carbonyl (C=O) groups is 1. The van der Waals surface area contributed by atoms with Crippen LogP contribution >= 0.6 is 35.0 Å². The molecule has 0 aliphatic carbocycles. The van der Waals surface area contributed by atoms with Crippen LogP contribution in [0, 0.1) is 0 Å². The fraction of sp³-hybridized carbons (Fsp3) is 0.500. The molecule has 1 aliphatic heterocycles. The molecular weight excluding hydrogens is 391 g/mol. The van der Waals surface area contributed by atoms with E-state index < -0.39 is 0 Å². The minimum absolute atomic E-state index is 0.0263. The largest absolute Gasteiger partial charge is 0.355 e. The second kappa shape index (κ2) is 9.11. The highest BCUT2D eigenvalue weighted by molar-refractivity contribution is 8.00. The van der Waals surface area contributed by atoms with Crippen LogP contribution in [0.5, 0.6) is 0 Å². The number of amides is 1. The number of nitrogens with one attached hydrogen (secondary N) is 1. The summed E-state index contributed by atoms with van der Waals surface area (Å²) in [7, 11) is 0. The number of rotatable bonds is 6. The van der Waals surface area contributed by atoms with Gasteiger partial charge < -0.3 is 9.88 Å². The lowest BCUT2D eigenvalue weighted by Gasteiger charge is -2.13. The van der Waals surface area contributed by atoms with Crippen molar-refractivity contribution >= 4 is 40.9 Å². The normalized spacial score (nSPS) is 15.2. The monoisotopic (exact) mass is 412 g/mol. The van der Waals surface area contributed by atoms with Gasteiger partial charge in [-0.15, -0.1) is 22.0 Å². The van der Waals surface area contributed by atoms with Gasteiger partial charge in [0.1, 0.15) is 11.6 Å². The Hall–Kier alpha value is -1.24. The van der Waals surface area contributed by atoms with Crippen LogP contribution < -0.4 is 5.32 Å². The maximum absolute atomic E-state index is 12.4. The molecule has 0 bridgehead atoms. The van der Waals surface area contributed by atoms with Crippen LogP contribution in [0.4, 0.5) is 0 Å². The first-order chi connectivity index (χ1) is 12.5. The van der Waals surface area contributed by atoms with Gasteiger partial charge in [-0.2, -0.15) is 0 Å². The molecule has 1 atom stereocenters. The van der Waals surface area contributed by atoms with Gasteiger partial charge in [-0.05, 0) is 38.0 Å². The number of nitrogens with zero attached hydrogens (tertiary/aromatic N) is 3. The third-order valence-corrected chi connectivity index (χ3v) is 6.24. The molecule has 140 valence electrons. The van der Waals surface area contributed by atoms with Crippen LogP contribution in [-0.4, -0.2) is 32.5 Å². The number of halogens is 2. The SMILES string of the molecule is C[C@@H](Sc1cc(Cl)ccc1Cl)C(=O)NCCc1nnc2n1CCCCC2. The summed E-state index contributed by atoms with van der Waals surface area (Å²) in [6.07, 6.45) is 5.26. The molecule has 0 saturated heterocycles. The highest BCUT2D eigenvalue weighted by atomic mass is 35.5. The highest BCUT2D eigenvalue weighted by Crippen LogP contribution is 2.32. The Labute approximate surface area is 167 Å². The molecule has 2 heterocycles. The van der Waals surface area contributed by atoms with Crippen molar-refractivity contribution in [3.8, 4) is 0 Å². The van der Waals surface area contributed by atoms with Gasteiger partial charge in [0, 0.05) is 35.8 Å². The fourth-order valence-corrected chi connectivity index (χ4v) is 4.42. The third-order valence-electron chi connectivity index (χ3n) is 4.40. The van der Waals surface area contributed by atoms with Gasteiger partial charge in [0.2, 0.25) is 5.91 Å². The maximum atomic E-state index is 12.4. The Morgan fingerprint density at radius 2 is 2.15 bits per heavy atom. The quantitative estimate of drug-likeness (QED) is 0.723. The molecule has 1 aliphatic rings. The fourth-order valence-electron chi connectivity index (χ4n) is 2.98. The molecule has 5 nitrogen and oxygen atoms in total. The molecule has 1 amide bonds. The standard InChI is InChI=1S/C18H22Cl2N4OS/c1-12(26-15-11-13(19)6-7-14(15)20)18(25)21-9-8-17-23-22-16-5-3-2-4-10-24(16)17/h6-7,11-12H,2-5,8-10H2,1H3,(H,21,25)/t12-/m1/s1. The van der Waals surface area contributed by atoms with E-state index >= 15 is 0 Å². The molecule has 1 aromatic heterocycles. The first-order valence-corrected chi connectivity index (χ1v) is 10.5. The number of hydrogen-bond donors (Lipinski definition) is 1. The number of fused-ring (bicyclic) bond motifs is 1. The minimum atomic E-state index is -0.263. The summed E-state index contributed by atoms with van der Waals surface area (Å²) in [6.45, 7) is 3.39. The summed E-state index contributed by atoms with van der Waals surface area (Å²) in [5.41, 5.74) is 0. The zero-order valence-electron chi connectivity index (χ0n) is 14.7. The molecule has 1 aromatic carbocycles. The number of carbonyl (C=O) groups excluding carboxylic acids is 1. The van der Waals surface area contributed by atoms with Gasteiger partial charge in [-0.25, -0.2) is 0 Å². The van der Waals surface area contributed by atoms with Crippen LogP contribution in [0.15, 0.2) is 23.1 Å². The van der Waals surface area contributed by atoms with Gasteiger partial charge in [-0.3, -0.25) is 4.79 Å². The zero-order valence-corrected chi connectivity index (χ0v) is 17.0. The minimum Gasteiger partial charge on any atom is -0.355 e. The second-order valence-electron chi connectivity index (χ2n) is 6.37. The van der Waals surface area contributed by atoms with Crippen molar-refractivity contribution in [2.75, 3.05) is 6.54 Å². The van der Waals surface area contributed by atoms with Crippen LogP contribution in [0.3, 0.4) is 0 Å². The lowest BCUT2D eigenvalue weighted by Crippen LogP contribution is -2.32. The molecular formula is C18H22Cl2N4OS. The average Bonchev–Trinajstić information content (AvgIpc) is 2.85. The van der Waals surface area contributed by atoms with E-state index in [0.29, 0.717) is 23.0 Å².